The Morgan fingerprint density at radius 2 is 1.85 bits per heavy atom. The molecule has 1 saturated carbocycles. The van der Waals surface area contributed by atoms with Gasteiger partial charge in [-0.25, -0.2) is 4.79 Å². The van der Waals surface area contributed by atoms with Crippen molar-refractivity contribution in [2.24, 2.45) is 11.3 Å². The lowest BCUT2D eigenvalue weighted by Crippen LogP contribution is -2.51. The zero-order valence-electron chi connectivity index (χ0n) is 16.1. The van der Waals surface area contributed by atoms with E-state index in [-0.39, 0.29) is 24.3 Å². The Morgan fingerprint density at radius 1 is 1.11 bits per heavy atom. The second-order valence-corrected chi connectivity index (χ2v) is 9.09. The van der Waals surface area contributed by atoms with E-state index < -0.39 is 17.0 Å². The zero-order chi connectivity index (χ0) is 19.4. The van der Waals surface area contributed by atoms with Crippen molar-refractivity contribution >= 4 is 23.8 Å². The fraction of sp³-hybridized carbons (Fsp3) is 0.789. The Balaban J connectivity index is 1.40. The topological polar surface area (TPSA) is 90.0 Å². The second-order valence-electron chi connectivity index (χ2n) is 9.09. The van der Waals surface area contributed by atoms with Crippen molar-refractivity contribution in [3.63, 3.8) is 0 Å². The summed E-state index contributed by atoms with van der Waals surface area (Å²) in [5, 5.41) is 2.59. The van der Waals surface area contributed by atoms with Gasteiger partial charge in [0.15, 0.2) is 0 Å². The van der Waals surface area contributed by atoms with E-state index in [0.717, 1.165) is 30.8 Å². The Labute approximate surface area is 159 Å². The van der Waals surface area contributed by atoms with Gasteiger partial charge in [0, 0.05) is 26.2 Å². The molecule has 8 nitrogen and oxygen atoms in total. The summed E-state index contributed by atoms with van der Waals surface area (Å²) in [6.45, 7) is 5.57. The first-order valence-electron chi connectivity index (χ1n) is 9.93. The average Bonchev–Trinajstić information content (AvgIpc) is 3.28. The van der Waals surface area contributed by atoms with Crippen LogP contribution in [-0.2, 0) is 14.4 Å². The molecular weight excluding hydrogens is 348 g/mol. The van der Waals surface area contributed by atoms with Crippen LogP contribution in [0.25, 0.3) is 0 Å². The minimum Gasteiger partial charge on any atom is -0.342 e. The van der Waals surface area contributed by atoms with Gasteiger partial charge < -0.3 is 15.1 Å². The van der Waals surface area contributed by atoms with Gasteiger partial charge in [0.1, 0.15) is 12.1 Å². The Morgan fingerprint density at radius 3 is 2.48 bits per heavy atom. The summed E-state index contributed by atoms with van der Waals surface area (Å²) in [6, 6.07) is -0.531. The number of piperidine rings is 1. The number of imide groups is 1. The molecule has 4 aliphatic rings. The Hall–Kier alpha value is -2.12. The van der Waals surface area contributed by atoms with Crippen LogP contribution in [0.2, 0.25) is 0 Å². The van der Waals surface area contributed by atoms with Crippen LogP contribution in [0, 0.1) is 11.3 Å². The molecule has 0 bridgehead atoms. The summed E-state index contributed by atoms with van der Waals surface area (Å²) < 4.78 is 0. The van der Waals surface area contributed by atoms with Crippen LogP contribution >= 0.6 is 0 Å². The van der Waals surface area contributed by atoms with Gasteiger partial charge in [-0.1, -0.05) is 0 Å². The fourth-order valence-corrected chi connectivity index (χ4v) is 4.60. The molecule has 0 aromatic carbocycles. The third-order valence-electron chi connectivity index (χ3n) is 6.44. The van der Waals surface area contributed by atoms with Crippen molar-refractivity contribution < 1.29 is 19.2 Å². The van der Waals surface area contributed by atoms with Crippen LogP contribution in [0.1, 0.15) is 46.0 Å². The number of nitrogens with zero attached hydrogens (tertiary/aromatic N) is 3. The molecule has 0 aromatic rings. The maximum atomic E-state index is 13.1. The third-order valence-corrected chi connectivity index (χ3v) is 6.44. The van der Waals surface area contributed by atoms with Crippen LogP contribution in [0.3, 0.4) is 0 Å². The summed E-state index contributed by atoms with van der Waals surface area (Å²) >= 11 is 0. The van der Waals surface area contributed by atoms with Crippen molar-refractivity contribution in [2.75, 3.05) is 32.7 Å². The van der Waals surface area contributed by atoms with Crippen molar-refractivity contribution in [1.82, 2.24) is 20.0 Å². The number of hydrogen-bond acceptors (Lipinski definition) is 4. The van der Waals surface area contributed by atoms with E-state index >= 15 is 0 Å². The van der Waals surface area contributed by atoms with Gasteiger partial charge in [0.25, 0.3) is 5.91 Å². The van der Waals surface area contributed by atoms with Gasteiger partial charge >= 0.3 is 6.03 Å². The van der Waals surface area contributed by atoms with Crippen molar-refractivity contribution in [1.29, 1.82) is 0 Å². The molecule has 1 spiro atoms. The van der Waals surface area contributed by atoms with E-state index in [9.17, 15) is 19.2 Å². The quantitative estimate of drug-likeness (QED) is 0.727. The average molecular weight is 376 g/mol. The Bertz CT molecular complexity index is 702. The zero-order valence-corrected chi connectivity index (χ0v) is 16.1. The minimum absolute atomic E-state index is 0.187. The largest absolute Gasteiger partial charge is 0.342 e. The highest BCUT2D eigenvalue weighted by atomic mass is 16.2. The number of likely N-dealkylation sites (tertiary alicyclic amines) is 2. The minimum atomic E-state index is -0.980. The molecule has 1 N–H and O–H groups in total. The molecular formula is C19H28N4O4. The highest BCUT2D eigenvalue weighted by molar-refractivity contribution is 6.08. The first kappa shape index (κ1) is 18.3. The van der Waals surface area contributed by atoms with Crippen LogP contribution in [0.4, 0.5) is 4.79 Å². The van der Waals surface area contributed by atoms with Crippen LogP contribution < -0.4 is 5.32 Å². The molecule has 3 heterocycles. The predicted molar refractivity (Wildman–Crippen MR) is 96.5 cm³/mol. The molecule has 5 amide bonds. The van der Waals surface area contributed by atoms with Crippen molar-refractivity contribution in [2.45, 2.75) is 51.5 Å². The lowest BCUT2D eigenvalue weighted by atomic mass is 9.78. The number of rotatable bonds is 4. The summed E-state index contributed by atoms with van der Waals surface area (Å²) in [5.41, 5.74) is -1.45. The van der Waals surface area contributed by atoms with Crippen LogP contribution in [-0.4, -0.2) is 76.7 Å². The fourth-order valence-electron chi connectivity index (χ4n) is 4.60. The molecule has 1 atom stereocenters. The number of carbonyl (C=O) groups excluding carboxylic acids is 4. The smallest absolute Gasteiger partial charge is 0.325 e. The van der Waals surface area contributed by atoms with Gasteiger partial charge in [-0.15, -0.1) is 0 Å². The monoisotopic (exact) mass is 376 g/mol. The summed E-state index contributed by atoms with van der Waals surface area (Å²) in [5.74, 6) is 0.192. The van der Waals surface area contributed by atoms with E-state index in [0.29, 0.717) is 25.4 Å². The highest BCUT2D eigenvalue weighted by Crippen LogP contribution is 2.41. The molecule has 3 aliphatic heterocycles. The number of carbonyl (C=O) groups is 4. The lowest BCUT2D eigenvalue weighted by Gasteiger charge is -2.39. The van der Waals surface area contributed by atoms with E-state index in [1.807, 2.05) is 4.90 Å². The number of hydrogen-bond donors (Lipinski definition) is 1. The molecule has 0 radical (unpaired) electrons. The molecule has 3 saturated heterocycles. The first-order valence-corrected chi connectivity index (χ1v) is 9.93. The normalized spacial score (nSPS) is 30.4. The van der Waals surface area contributed by atoms with Crippen molar-refractivity contribution in [3.8, 4) is 0 Å². The lowest BCUT2D eigenvalue weighted by molar-refractivity contribution is -0.146. The highest BCUT2D eigenvalue weighted by Gasteiger charge is 2.51. The number of amides is 5. The second kappa shape index (κ2) is 6.21. The molecule has 8 heteroatoms. The van der Waals surface area contributed by atoms with Gasteiger partial charge in [0.05, 0.1) is 5.41 Å². The maximum absolute atomic E-state index is 13.1. The van der Waals surface area contributed by atoms with Crippen LogP contribution in [0.5, 0.6) is 0 Å². The molecule has 4 fully saturated rings. The van der Waals surface area contributed by atoms with E-state index in [1.165, 1.54) is 12.8 Å². The predicted octanol–water partition coefficient (Wildman–Crippen LogP) is 0.568. The standard InChI is InChI=1S/C19H28N4O4/c1-18(2)15(25)23(17(27)20-18)11-14(24)22-9-7-19(12-22)6-3-8-21(16(19)26)10-13-4-5-13/h13H,3-12H2,1-2H3,(H,20,27)/t19-/m1/s1. The van der Waals surface area contributed by atoms with Crippen LogP contribution in [0.15, 0.2) is 0 Å². The van der Waals surface area contributed by atoms with E-state index in [4.69, 9.17) is 0 Å². The van der Waals surface area contributed by atoms with E-state index in [2.05, 4.69) is 5.32 Å². The third kappa shape index (κ3) is 3.19. The number of urea groups is 1. The first-order chi connectivity index (χ1) is 12.7. The molecule has 27 heavy (non-hydrogen) atoms. The van der Waals surface area contributed by atoms with Gasteiger partial charge in [-0.05, 0) is 51.9 Å². The molecule has 4 rings (SSSR count). The van der Waals surface area contributed by atoms with E-state index in [1.54, 1.807) is 18.7 Å². The molecule has 1 aliphatic carbocycles. The maximum Gasteiger partial charge on any atom is 0.325 e. The molecule has 148 valence electrons. The van der Waals surface area contributed by atoms with Gasteiger partial charge in [-0.3, -0.25) is 19.3 Å². The summed E-state index contributed by atoms with van der Waals surface area (Å²) in [7, 11) is 0. The molecule has 0 unspecified atom stereocenters. The SMILES string of the molecule is CC1(C)NC(=O)N(CC(=O)N2CC[C@]3(CCCN(CC4CC4)C3=O)C2)C1=O. The number of nitrogens with one attached hydrogen (secondary N) is 1. The Kier molecular flexibility index (Phi) is 4.20. The summed E-state index contributed by atoms with van der Waals surface area (Å²) in [6.07, 6.45) is 4.88. The summed E-state index contributed by atoms with van der Waals surface area (Å²) in [4.78, 5) is 54.8. The van der Waals surface area contributed by atoms with Gasteiger partial charge in [-0.2, -0.15) is 0 Å². The molecule has 0 aromatic heterocycles. The van der Waals surface area contributed by atoms with Crippen molar-refractivity contribution in [3.05, 3.63) is 0 Å². The van der Waals surface area contributed by atoms with Gasteiger partial charge in [0.2, 0.25) is 11.8 Å².